The molecular formula is C17H19NO6S. The summed E-state index contributed by atoms with van der Waals surface area (Å²) in [4.78, 5) is 23.7. The lowest BCUT2D eigenvalue weighted by Gasteiger charge is -2.11. The molecule has 0 fully saturated rings. The zero-order chi connectivity index (χ0) is 18.4. The molecule has 0 saturated heterocycles. The van der Waals surface area contributed by atoms with E-state index in [9.17, 15) is 18.0 Å². The van der Waals surface area contributed by atoms with Gasteiger partial charge in [-0.3, -0.25) is 4.79 Å². The molecule has 0 unspecified atom stereocenters. The first-order chi connectivity index (χ1) is 11.7. The Morgan fingerprint density at radius 2 is 1.88 bits per heavy atom. The highest BCUT2D eigenvalue weighted by molar-refractivity contribution is 7.89. The summed E-state index contributed by atoms with van der Waals surface area (Å²) in [6.45, 7) is 1.33. The summed E-state index contributed by atoms with van der Waals surface area (Å²) < 4.78 is 32.6. The molecule has 0 saturated carbocycles. The fourth-order valence-corrected chi connectivity index (χ4v) is 2.94. The monoisotopic (exact) mass is 365 g/mol. The Hall–Kier alpha value is -2.61. The number of amides is 1. The van der Waals surface area contributed by atoms with Crippen LogP contribution in [0, 0.1) is 0 Å². The van der Waals surface area contributed by atoms with E-state index in [1.54, 1.807) is 19.1 Å². The number of hydrogen-bond acceptors (Lipinski definition) is 6. The number of benzene rings is 1. The molecule has 1 atom stereocenters. The molecule has 25 heavy (non-hydrogen) atoms. The molecule has 0 aliphatic rings. The Morgan fingerprint density at radius 3 is 2.44 bits per heavy atom. The van der Waals surface area contributed by atoms with E-state index in [1.165, 1.54) is 30.5 Å². The molecule has 1 amide bonds. The minimum atomic E-state index is -3.14. The van der Waals surface area contributed by atoms with Gasteiger partial charge in [0.2, 0.25) is 0 Å². The number of carbonyl (C=O) groups excluding carboxylic acids is 2. The summed E-state index contributed by atoms with van der Waals surface area (Å²) >= 11 is 0. The van der Waals surface area contributed by atoms with E-state index in [1.807, 2.05) is 0 Å². The third kappa shape index (κ3) is 6.07. The molecule has 0 aliphatic carbocycles. The van der Waals surface area contributed by atoms with Crippen molar-refractivity contribution in [2.24, 2.45) is 0 Å². The van der Waals surface area contributed by atoms with E-state index in [2.05, 4.69) is 5.32 Å². The number of sulfone groups is 1. The Morgan fingerprint density at radius 1 is 1.20 bits per heavy atom. The van der Waals surface area contributed by atoms with Crippen LogP contribution < -0.4 is 5.32 Å². The fraction of sp³-hybridized carbons (Fsp3) is 0.294. The average molecular weight is 365 g/mol. The lowest BCUT2D eigenvalue weighted by Crippen LogP contribution is -2.30. The highest BCUT2D eigenvalue weighted by Crippen LogP contribution is 2.12. The first-order valence-corrected chi connectivity index (χ1v) is 9.57. The zero-order valence-electron chi connectivity index (χ0n) is 13.9. The van der Waals surface area contributed by atoms with Gasteiger partial charge in [-0.1, -0.05) is 12.1 Å². The normalized spacial score (nSPS) is 12.4. The predicted molar refractivity (Wildman–Crippen MR) is 90.5 cm³/mol. The lowest BCUT2D eigenvalue weighted by atomic mass is 10.1. The molecule has 8 heteroatoms. The van der Waals surface area contributed by atoms with Crippen LogP contribution in [-0.2, 0) is 25.1 Å². The van der Waals surface area contributed by atoms with Crippen LogP contribution in [0.15, 0.2) is 47.1 Å². The van der Waals surface area contributed by atoms with Crippen LogP contribution in [0.5, 0.6) is 0 Å². The standard InChI is InChI=1S/C17H19NO6S/c1-12(15-4-3-9-23-15)18-16(19)10-24-17(20)14-7-5-13(6-8-14)11-25(2,21)22/h3-9,12H,10-11H2,1-2H3,(H,18,19)/t12-/m0/s1. The molecule has 2 aromatic rings. The van der Waals surface area contributed by atoms with Crippen LogP contribution in [0.2, 0.25) is 0 Å². The summed E-state index contributed by atoms with van der Waals surface area (Å²) in [5, 5.41) is 2.65. The van der Waals surface area contributed by atoms with Crippen LogP contribution in [0.4, 0.5) is 0 Å². The van der Waals surface area contributed by atoms with Gasteiger partial charge in [-0.05, 0) is 36.8 Å². The zero-order valence-corrected chi connectivity index (χ0v) is 14.7. The van der Waals surface area contributed by atoms with Crippen LogP contribution in [0.1, 0.15) is 34.6 Å². The first-order valence-electron chi connectivity index (χ1n) is 7.51. The second-order valence-corrected chi connectivity index (χ2v) is 7.79. The van der Waals surface area contributed by atoms with Gasteiger partial charge in [-0.2, -0.15) is 0 Å². The lowest BCUT2D eigenvalue weighted by molar-refractivity contribution is -0.125. The Kier molecular flexibility index (Phi) is 5.97. The number of hydrogen-bond donors (Lipinski definition) is 1. The van der Waals surface area contributed by atoms with Gasteiger partial charge in [-0.25, -0.2) is 13.2 Å². The van der Waals surface area contributed by atoms with Gasteiger partial charge < -0.3 is 14.5 Å². The summed E-state index contributed by atoms with van der Waals surface area (Å²) in [5.74, 6) is -0.617. The third-order valence-corrected chi connectivity index (χ3v) is 4.16. The topological polar surface area (TPSA) is 103 Å². The Labute approximate surface area is 145 Å². The molecular weight excluding hydrogens is 346 g/mol. The van der Waals surface area contributed by atoms with Gasteiger partial charge in [0.25, 0.3) is 5.91 Å². The number of furan rings is 1. The van der Waals surface area contributed by atoms with Crippen LogP contribution in [0.3, 0.4) is 0 Å². The van der Waals surface area contributed by atoms with Crippen molar-refractivity contribution in [3.8, 4) is 0 Å². The maximum Gasteiger partial charge on any atom is 0.338 e. The SMILES string of the molecule is C[C@H](NC(=O)COC(=O)c1ccc(CS(C)(=O)=O)cc1)c1ccco1. The number of ether oxygens (including phenoxy) is 1. The van der Waals surface area contributed by atoms with Crippen molar-refractivity contribution in [3.05, 3.63) is 59.5 Å². The van der Waals surface area contributed by atoms with Crippen LogP contribution >= 0.6 is 0 Å². The third-order valence-electron chi connectivity index (χ3n) is 3.30. The van der Waals surface area contributed by atoms with Gasteiger partial charge >= 0.3 is 5.97 Å². The van der Waals surface area contributed by atoms with Crippen LogP contribution in [0.25, 0.3) is 0 Å². The fourth-order valence-electron chi connectivity index (χ4n) is 2.15. The van der Waals surface area contributed by atoms with Crippen molar-refractivity contribution in [1.82, 2.24) is 5.32 Å². The van der Waals surface area contributed by atoms with Crippen molar-refractivity contribution >= 4 is 21.7 Å². The largest absolute Gasteiger partial charge is 0.467 e. The van der Waals surface area contributed by atoms with E-state index in [0.29, 0.717) is 11.3 Å². The summed E-state index contributed by atoms with van der Waals surface area (Å²) in [6.07, 6.45) is 2.64. The van der Waals surface area contributed by atoms with Crippen LogP contribution in [-0.4, -0.2) is 33.2 Å². The number of rotatable bonds is 7. The van der Waals surface area contributed by atoms with Crippen molar-refractivity contribution in [3.63, 3.8) is 0 Å². The summed E-state index contributed by atoms with van der Waals surface area (Å²) in [7, 11) is -3.14. The molecule has 1 aromatic heterocycles. The summed E-state index contributed by atoms with van der Waals surface area (Å²) in [6, 6.07) is 9.11. The minimum absolute atomic E-state index is 0.102. The molecule has 7 nitrogen and oxygen atoms in total. The molecule has 0 bridgehead atoms. The van der Waals surface area contributed by atoms with E-state index < -0.39 is 28.3 Å². The van der Waals surface area contributed by atoms with Gasteiger partial charge in [0.05, 0.1) is 23.6 Å². The Balaban J connectivity index is 1.84. The maximum absolute atomic E-state index is 11.9. The second-order valence-electron chi connectivity index (χ2n) is 5.65. The van der Waals surface area contributed by atoms with Crippen molar-refractivity contribution < 1.29 is 27.2 Å². The van der Waals surface area contributed by atoms with Crippen molar-refractivity contribution in [1.29, 1.82) is 0 Å². The molecule has 134 valence electrons. The molecule has 1 N–H and O–H groups in total. The van der Waals surface area contributed by atoms with Gasteiger partial charge in [0.15, 0.2) is 16.4 Å². The Bertz CT molecular complexity index is 825. The molecule has 0 aliphatic heterocycles. The minimum Gasteiger partial charge on any atom is -0.467 e. The number of esters is 1. The highest BCUT2D eigenvalue weighted by atomic mass is 32.2. The molecule has 1 aromatic carbocycles. The smallest absolute Gasteiger partial charge is 0.338 e. The van der Waals surface area contributed by atoms with Crippen molar-refractivity contribution in [2.45, 2.75) is 18.7 Å². The molecule has 0 spiro atoms. The first kappa shape index (κ1) is 18.7. The van der Waals surface area contributed by atoms with E-state index in [0.717, 1.165) is 6.26 Å². The molecule has 2 rings (SSSR count). The average Bonchev–Trinajstić information content (AvgIpc) is 3.06. The van der Waals surface area contributed by atoms with E-state index in [4.69, 9.17) is 9.15 Å². The number of nitrogens with one attached hydrogen (secondary N) is 1. The second kappa shape index (κ2) is 7.98. The van der Waals surface area contributed by atoms with E-state index >= 15 is 0 Å². The number of carbonyl (C=O) groups is 2. The molecule has 1 heterocycles. The van der Waals surface area contributed by atoms with Gasteiger partial charge in [-0.15, -0.1) is 0 Å². The van der Waals surface area contributed by atoms with Gasteiger partial charge in [0.1, 0.15) is 5.76 Å². The quantitative estimate of drug-likeness (QED) is 0.751. The van der Waals surface area contributed by atoms with Crippen molar-refractivity contribution in [2.75, 3.05) is 12.9 Å². The highest BCUT2D eigenvalue weighted by Gasteiger charge is 2.15. The summed E-state index contributed by atoms with van der Waals surface area (Å²) in [5.41, 5.74) is 0.813. The van der Waals surface area contributed by atoms with Gasteiger partial charge in [0, 0.05) is 6.26 Å². The van der Waals surface area contributed by atoms with E-state index in [-0.39, 0.29) is 17.4 Å². The maximum atomic E-state index is 11.9. The predicted octanol–water partition coefficient (Wildman–Crippen LogP) is 1.86. The molecule has 0 radical (unpaired) electrons.